The number of ether oxygens (including phenoxy) is 1. The Bertz CT molecular complexity index is 664. The van der Waals surface area contributed by atoms with E-state index in [9.17, 15) is 0 Å². The molecule has 0 amide bonds. The summed E-state index contributed by atoms with van der Waals surface area (Å²) in [7, 11) is 0. The molecule has 0 aliphatic carbocycles. The van der Waals surface area contributed by atoms with Crippen molar-refractivity contribution in [1.29, 1.82) is 0 Å². The topological polar surface area (TPSA) is 84.6 Å². The highest BCUT2D eigenvalue weighted by atomic mass is 127. The van der Waals surface area contributed by atoms with Crippen LogP contribution in [0.3, 0.4) is 0 Å². The van der Waals surface area contributed by atoms with E-state index in [1.807, 2.05) is 25.1 Å². The summed E-state index contributed by atoms with van der Waals surface area (Å²) in [6.45, 7) is 5.63. The number of nitrogens with one attached hydrogen (secondary N) is 2. The summed E-state index contributed by atoms with van der Waals surface area (Å²) in [4.78, 5) is 8.60. The summed E-state index contributed by atoms with van der Waals surface area (Å²) < 4.78 is 10.9. The van der Waals surface area contributed by atoms with Gasteiger partial charge in [-0.2, -0.15) is 4.98 Å². The van der Waals surface area contributed by atoms with Gasteiger partial charge in [0.2, 0.25) is 5.89 Å². The first-order valence-corrected chi connectivity index (χ1v) is 7.80. The summed E-state index contributed by atoms with van der Waals surface area (Å²) >= 11 is 0. The van der Waals surface area contributed by atoms with Crippen molar-refractivity contribution >= 4 is 29.9 Å². The normalized spacial score (nSPS) is 16.1. The van der Waals surface area contributed by atoms with E-state index < -0.39 is 0 Å². The van der Waals surface area contributed by atoms with Crippen LogP contribution in [0.5, 0.6) is 5.75 Å². The van der Waals surface area contributed by atoms with Crippen molar-refractivity contribution in [3.8, 4) is 5.75 Å². The Labute approximate surface area is 158 Å². The lowest BCUT2D eigenvalue weighted by molar-refractivity contribution is 0.235. The molecule has 1 aliphatic heterocycles. The molecule has 0 saturated carbocycles. The van der Waals surface area contributed by atoms with Crippen molar-refractivity contribution in [3.63, 3.8) is 0 Å². The van der Waals surface area contributed by atoms with E-state index in [1.54, 1.807) is 6.92 Å². The lowest BCUT2D eigenvalue weighted by atomic mass is 10.1. The average molecular weight is 443 g/mol. The van der Waals surface area contributed by atoms with Gasteiger partial charge in [-0.05, 0) is 18.6 Å². The van der Waals surface area contributed by atoms with Crippen LogP contribution in [-0.2, 0) is 13.0 Å². The highest BCUT2D eigenvalue weighted by molar-refractivity contribution is 14.0. The van der Waals surface area contributed by atoms with Crippen LogP contribution in [0.15, 0.2) is 33.8 Å². The second-order valence-corrected chi connectivity index (χ2v) is 5.36. The molecule has 1 atom stereocenters. The largest absolute Gasteiger partial charge is 0.488 e. The maximum Gasteiger partial charge on any atom is 0.223 e. The van der Waals surface area contributed by atoms with Gasteiger partial charge in [-0.15, -0.1) is 24.0 Å². The fourth-order valence-corrected chi connectivity index (χ4v) is 2.48. The highest BCUT2D eigenvalue weighted by Crippen LogP contribution is 2.27. The number of guanidine groups is 1. The Morgan fingerprint density at radius 3 is 2.88 bits per heavy atom. The molecule has 2 aromatic rings. The molecule has 0 fully saturated rings. The van der Waals surface area contributed by atoms with Gasteiger partial charge in [0, 0.05) is 19.9 Å². The molecule has 130 valence electrons. The zero-order valence-electron chi connectivity index (χ0n) is 13.8. The van der Waals surface area contributed by atoms with Crippen LogP contribution >= 0.6 is 24.0 Å². The molecule has 0 spiro atoms. The Hall–Kier alpha value is -1.84. The Balaban J connectivity index is 0.00000208. The molecule has 7 nitrogen and oxygen atoms in total. The quantitative estimate of drug-likeness (QED) is 0.418. The monoisotopic (exact) mass is 443 g/mol. The molecule has 0 saturated heterocycles. The summed E-state index contributed by atoms with van der Waals surface area (Å²) in [5.74, 6) is 2.81. The number of aliphatic imine (C=N–C) groups is 1. The fourth-order valence-electron chi connectivity index (χ4n) is 2.48. The number of para-hydroxylation sites is 1. The van der Waals surface area contributed by atoms with Gasteiger partial charge in [0.05, 0.1) is 6.54 Å². The third kappa shape index (κ3) is 4.83. The number of fused-ring (bicyclic) bond motifs is 1. The van der Waals surface area contributed by atoms with Gasteiger partial charge < -0.3 is 19.9 Å². The van der Waals surface area contributed by atoms with E-state index >= 15 is 0 Å². The number of hydrogen-bond donors (Lipinski definition) is 2. The number of nitrogens with zero attached hydrogens (tertiary/aromatic N) is 3. The third-order valence-electron chi connectivity index (χ3n) is 3.50. The maximum absolute atomic E-state index is 5.92. The van der Waals surface area contributed by atoms with Crippen molar-refractivity contribution < 1.29 is 9.26 Å². The van der Waals surface area contributed by atoms with Crippen molar-refractivity contribution in [2.24, 2.45) is 4.99 Å². The lowest BCUT2D eigenvalue weighted by Gasteiger charge is -2.15. The van der Waals surface area contributed by atoms with Crippen LogP contribution in [0.4, 0.5) is 0 Å². The minimum atomic E-state index is 0. The number of halogens is 1. The van der Waals surface area contributed by atoms with Crippen molar-refractivity contribution in [2.45, 2.75) is 32.9 Å². The second-order valence-electron chi connectivity index (χ2n) is 5.36. The highest BCUT2D eigenvalue weighted by Gasteiger charge is 2.22. The summed E-state index contributed by atoms with van der Waals surface area (Å²) in [5.41, 5.74) is 1.25. The Morgan fingerprint density at radius 1 is 1.33 bits per heavy atom. The molecule has 2 N–H and O–H groups in total. The van der Waals surface area contributed by atoms with Gasteiger partial charge in [-0.25, -0.2) is 4.99 Å². The number of benzene rings is 1. The number of rotatable bonds is 5. The first-order chi connectivity index (χ1) is 11.2. The van der Waals surface area contributed by atoms with Crippen LogP contribution in [0.25, 0.3) is 0 Å². The average Bonchev–Trinajstić information content (AvgIpc) is 3.15. The molecule has 0 bridgehead atoms. The van der Waals surface area contributed by atoms with E-state index in [1.165, 1.54) is 5.56 Å². The van der Waals surface area contributed by atoms with Crippen molar-refractivity contribution in [1.82, 2.24) is 20.8 Å². The summed E-state index contributed by atoms with van der Waals surface area (Å²) in [5, 5.41) is 10.3. The van der Waals surface area contributed by atoms with Gasteiger partial charge in [0.15, 0.2) is 11.8 Å². The molecule has 0 radical (unpaired) electrons. The predicted molar refractivity (Wildman–Crippen MR) is 102 cm³/mol. The zero-order chi connectivity index (χ0) is 16.1. The minimum Gasteiger partial charge on any atom is -0.488 e. The molecule has 24 heavy (non-hydrogen) atoms. The molecule has 1 aliphatic rings. The third-order valence-corrected chi connectivity index (χ3v) is 3.50. The molecular weight excluding hydrogens is 421 g/mol. The van der Waals surface area contributed by atoms with E-state index in [4.69, 9.17) is 9.26 Å². The van der Waals surface area contributed by atoms with Crippen LogP contribution in [0, 0.1) is 6.92 Å². The van der Waals surface area contributed by atoms with Crippen LogP contribution < -0.4 is 15.4 Å². The fraction of sp³-hybridized carbons (Fsp3) is 0.438. The molecule has 1 unspecified atom stereocenters. The number of hydrogen-bond acceptors (Lipinski definition) is 5. The Morgan fingerprint density at radius 2 is 2.17 bits per heavy atom. The van der Waals surface area contributed by atoms with E-state index in [0.717, 1.165) is 24.7 Å². The minimum absolute atomic E-state index is 0. The SMILES string of the molecule is CCNC(=NCc1noc(C)n1)NCC1Cc2ccccc2O1.I. The summed E-state index contributed by atoms with van der Waals surface area (Å²) in [6.07, 6.45) is 1.02. The lowest BCUT2D eigenvalue weighted by Crippen LogP contribution is -2.42. The molecule has 1 aromatic heterocycles. The first-order valence-electron chi connectivity index (χ1n) is 7.80. The van der Waals surface area contributed by atoms with Gasteiger partial charge >= 0.3 is 0 Å². The molecular formula is C16H22IN5O2. The number of aryl methyl sites for hydroxylation is 1. The van der Waals surface area contributed by atoms with Crippen molar-refractivity contribution in [3.05, 3.63) is 41.5 Å². The molecule has 8 heteroatoms. The van der Waals surface area contributed by atoms with Crippen LogP contribution in [-0.4, -0.2) is 35.3 Å². The standard InChI is InChI=1S/C16H21N5O2.HI/c1-3-17-16(19-10-15-20-11(2)23-21-15)18-9-13-8-12-6-4-5-7-14(12)22-13;/h4-7,13H,3,8-10H2,1-2H3,(H2,17,18,19);1H. The summed E-state index contributed by atoms with van der Waals surface area (Å²) in [6, 6.07) is 8.14. The second kappa shape index (κ2) is 8.86. The first kappa shape index (κ1) is 18.5. The predicted octanol–water partition coefficient (Wildman–Crippen LogP) is 2.05. The molecule has 3 rings (SSSR count). The van der Waals surface area contributed by atoms with E-state index in [-0.39, 0.29) is 30.1 Å². The van der Waals surface area contributed by atoms with Crippen LogP contribution in [0.2, 0.25) is 0 Å². The Kier molecular flexibility index (Phi) is 6.83. The molecule has 1 aromatic carbocycles. The van der Waals surface area contributed by atoms with Gasteiger partial charge in [0.25, 0.3) is 0 Å². The van der Waals surface area contributed by atoms with Gasteiger partial charge in [0.1, 0.15) is 18.4 Å². The molecule has 2 heterocycles. The smallest absolute Gasteiger partial charge is 0.223 e. The van der Waals surface area contributed by atoms with E-state index in [2.05, 4.69) is 31.8 Å². The van der Waals surface area contributed by atoms with Crippen LogP contribution in [0.1, 0.15) is 24.2 Å². The van der Waals surface area contributed by atoms with Gasteiger partial charge in [-0.1, -0.05) is 23.4 Å². The van der Waals surface area contributed by atoms with Gasteiger partial charge in [-0.3, -0.25) is 0 Å². The zero-order valence-corrected chi connectivity index (χ0v) is 16.1. The number of aromatic nitrogens is 2. The van der Waals surface area contributed by atoms with E-state index in [0.29, 0.717) is 24.8 Å². The van der Waals surface area contributed by atoms with Crippen molar-refractivity contribution in [2.75, 3.05) is 13.1 Å². The maximum atomic E-state index is 5.92.